The number of aliphatic carboxylic acids is 1. The molecule has 82 valence electrons. The molecule has 2 aromatic rings. The van der Waals surface area contributed by atoms with Gasteiger partial charge in [-0.15, -0.1) is 0 Å². The van der Waals surface area contributed by atoms with Crippen LogP contribution in [0.2, 0.25) is 0 Å². The van der Waals surface area contributed by atoms with Crippen LogP contribution in [0.3, 0.4) is 0 Å². The minimum Gasteiger partial charge on any atom is -0.481 e. The third-order valence-corrected chi connectivity index (χ3v) is 2.67. The van der Waals surface area contributed by atoms with Gasteiger partial charge in [-0.1, -0.05) is 36.4 Å². The van der Waals surface area contributed by atoms with Gasteiger partial charge in [0.25, 0.3) is 0 Å². The zero-order valence-corrected chi connectivity index (χ0v) is 8.81. The van der Waals surface area contributed by atoms with E-state index in [0.717, 1.165) is 16.3 Å². The van der Waals surface area contributed by atoms with Crippen LogP contribution in [-0.2, 0) is 11.2 Å². The summed E-state index contributed by atoms with van der Waals surface area (Å²) in [6, 6.07) is 11.7. The van der Waals surface area contributed by atoms with E-state index in [2.05, 4.69) is 0 Å². The molecule has 0 aliphatic heterocycles. The van der Waals surface area contributed by atoms with Crippen LogP contribution in [0, 0.1) is 0 Å². The highest BCUT2D eigenvalue weighted by Gasteiger charge is 2.05. The summed E-state index contributed by atoms with van der Waals surface area (Å²) in [5.74, 6) is -0.799. The topological polar surface area (TPSA) is 63.3 Å². The third-order valence-electron chi connectivity index (χ3n) is 2.67. The van der Waals surface area contributed by atoms with E-state index < -0.39 is 5.97 Å². The fourth-order valence-electron chi connectivity index (χ4n) is 1.80. The Balaban J connectivity index is 2.40. The molecule has 0 fully saturated rings. The van der Waals surface area contributed by atoms with Gasteiger partial charge < -0.3 is 10.8 Å². The normalized spacial score (nSPS) is 10.5. The molecular formula is C13H13NO2. The predicted molar refractivity (Wildman–Crippen MR) is 64.3 cm³/mol. The van der Waals surface area contributed by atoms with E-state index in [9.17, 15) is 4.79 Å². The summed E-state index contributed by atoms with van der Waals surface area (Å²) in [5.41, 5.74) is 7.61. The molecule has 0 saturated carbocycles. The molecule has 3 nitrogen and oxygen atoms in total. The number of anilines is 1. The number of nitrogens with two attached hydrogens (primary N) is 1. The molecule has 0 aliphatic rings. The summed E-state index contributed by atoms with van der Waals surface area (Å²) in [6.45, 7) is 0. The molecular weight excluding hydrogens is 202 g/mol. The van der Waals surface area contributed by atoms with Crippen molar-refractivity contribution < 1.29 is 9.90 Å². The largest absolute Gasteiger partial charge is 0.481 e. The fraction of sp³-hybridized carbons (Fsp3) is 0.154. The van der Waals surface area contributed by atoms with Gasteiger partial charge in [0.2, 0.25) is 0 Å². The van der Waals surface area contributed by atoms with Crippen molar-refractivity contribution in [3.8, 4) is 0 Å². The Hall–Kier alpha value is -2.03. The lowest BCUT2D eigenvalue weighted by molar-refractivity contribution is -0.136. The smallest absolute Gasteiger partial charge is 0.303 e. The lowest BCUT2D eigenvalue weighted by Crippen LogP contribution is -2.01. The van der Waals surface area contributed by atoms with Gasteiger partial charge in [0, 0.05) is 17.5 Å². The Morgan fingerprint density at radius 2 is 1.94 bits per heavy atom. The third kappa shape index (κ3) is 1.98. The van der Waals surface area contributed by atoms with E-state index in [4.69, 9.17) is 10.8 Å². The molecule has 0 radical (unpaired) electrons. The van der Waals surface area contributed by atoms with Gasteiger partial charge >= 0.3 is 5.97 Å². The molecule has 2 aromatic carbocycles. The van der Waals surface area contributed by atoms with Gasteiger partial charge in [0.05, 0.1) is 0 Å². The van der Waals surface area contributed by atoms with Crippen LogP contribution in [0.15, 0.2) is 36.4 Å². The van der Waals surface area contributed by atoms with Crippen LogP contribution >= 0.6 is 0 Å². The molecule has 3 N–H and O–H groups in total. The number of benzene rings is 2. The number of aryl methyl sites for hydroxylation is 1. The van der Waals surface area contributed by atoms with Crippen molar-refractivity contribution in [2.45, 2.75) is 12.8 Å². The monoisotopic (exact) mass is 215 g/mol. The first-order chi connectivity index (χ1) is 7.68. The summed E-state index contributed by atoms with van der Waals surface area (Å²) < 4.78 is 0. The molecule has 0 saturated heterocycles. The number of nitrogen functional groups attached to an aromatic ring is 1. The molecule has 0 atom stereocenters. The average Bonchev–Trinajstić information content (AvgIpc) is 2.28. The first-order valence-electron chi connectivity index (χ1n) is 5.16. The number of fused-ring (bicyclic) bond motifs is 1. The van der Waals surface area contributed by atoms with E-state index in [1.165, 1.54) is 0 Å². The first kappa shape index (κ1) is 10.5. The highest BCUT2D eigenvalue weighted by atomic mass is 16.4. The number of rotatable bonds is 3. The maximum atomic E-state index is 10.5. The van der Waals surface area contributed by atoms with Gasteiger partial charge in [-0.25, -0.2) is 0 Å². The zero-order chi connectivity index (χ0) is 11.5. The number of carbonyl (C=O) groups is 1. The van der Waals surface area contributed by atoms with E-state index >= 15 is 0 Å². The van der Waals surface area contributed by atoms with Gasteiger partial charge in [-0.3, -0.25) is 4.79 Å². The van der Waals surface area contributed by atoms with Gasteiger partial charge in [0.15, 0.2) is 0 Å². The summed E-state index contributed by atoms with van der Waals surface area (Å²) in [7, 11) is 0. The average molecular weight is 215 g/mol. The molecule has 0 bridgehead atoms. The van der Waals surface area contributed by atoms with Crippen molar-refractivity contribution in [3.05, 3.63) is 42.0 Å². The number of hydrogen-bond donors (Lipinski definition) is 2. The lowest BCUT2D eigenvalue weighted by atomic mass is 10.0. The quantitative estimate of drug-likeness (QED) is 0.773. The second-order valence-electron chi connectivity index (χ2n) is 3.75. The maximum absolute atomic E-state index is 10.5. The fourth-order valence-corrected chi connectivity index (χ4v) is 1.80. The Bertz CT molecular complexity index is 534. The number of hydrogen-bond acceptors (Lipinski definition) is 2. The molecule has 0 heterocycles. The Morgan fingerprint density at radius 3 is 2.69 bits per heavy atom. The van der Waals surface area contributed by atoms with Crippen LogP contribution in [-0.4, -0.2) is 11.1 Å². The van der Waals surface area contributed by atoms with E-state index in [1.807, 2.05) is 36.4 Å². The second-order valence-corrected chi connectivity index (χ2v) is 3.75. The molecule has 0 unspecified atom stereocenters. The second kappa shape index (κ2) is 4.23. The van der Waals surface area contributed by atoms with Crippen LogP contribution in [0.1, 0.15) is 12.0 Å². The van der Waals surface area contributed by atoms with E-state index in [-0.39, 0.29) is 6.42 Å². The predicted octanol–water partition coefficient (Wildman–Crippen LogP) is 2.44. The van der Waals surface area contributed by atoms with Crippen molar-refractivity contribution >= 4 is 22.4 Å². The van der Waals surface area contributed by atoms with Crippen molar-refractivity contribution in [1.82, 2.24) is 0 Å². The van der Waals surface area contributed by atoms with Crippen LogP contribution in [0.4, 0.5) is 5.69 Å². The summed E-state index contributed by atoms with van der Waals surface area (Å²) in [4.78, 5) is 10.5. The first-order valence-corrected chi connectivity index (χ1v) is 5.16. The van der Waals surface area contributed by atoms with Crippen LogP contribution in [0.25, 0.3) is 10.8 Å². The molecule has 16 heavy (non-hydrogen) atoms. The summed E-state index contributed by atoms with van der Waals surface area (Å²) in [6.07, 6.45) is 0.592. The van der Waals surface area contributed by atoms with E-state index in [0.29, 0.717) is 12.1 Å². The van der Waals surface area contributed by atoms with Crippen molar-refractivity contribution in [2.24, 2.45) is 0 Å². The molecule has 0 spiro atoms. The zero-order valence-electron chi connectivity index (χ0n) is 8.81. The van der Waals surface area contributed by atoms with E-state index in [1.54, 1.807) is 0 Å². The Kier molecular flexibility index (Phi) is 2.77. The molecule has 2 rings (SSSR count). The Labute approximate surface area is 93.5 Å². The molecule has 0 amide bonds. The molecule has 0 aromatic heterocycles. The van der Waals surface area contributed by atoms with Crippen LogP contribution < -0.4 is 5.73 Å². The van der Waals surface area contributed by atoms with Crippen LogP contribution in [0.5, 0.6) is 0 Å². The van der Waals surface area contributed by atoms with Gasteiger partial charge in [0.1, 0.15) is 0 Å². The Morgan fingerprint density at radius 1 is 1.19 bits per heavy atom. The number of carboxylic acids is 1. The van der Waals surface area contributed by atoms with Crippen molar-refractivity contribution in [1.29, 1.82) is 0 Å². The standard InChI is InChI=1S/C13H13NO2/c14-13-10(7-8-12(15)16)6-5-9-3-1-2-4-11(9)13/h1-6H,7-8,14H2,(H,15,16). The summed E-state index contributed by atoms with van der Waals surface area (Å²) >= 11 is 0. The summed E-state index contributed by atoms with van der Waals surface area (Å²) in [5, 5.41) is 10.7. The SMILES string of the molecule is Nc1c(CCC(=O)O)ccc2ccccc12. The minimum absolute atomic E-state index is 0.114. The lowest BCUT2D eigenvalue weighted by Gasteiger charge is -2.07. The highest BCUT2D eigenvalue weighted by Crippen LogP contribution is 2.25. The maximum Gasteiger partial charge on any atom is 0.303 e. The molecule has 0 aliphatic carbocycles. The minimum atomic E-state index is -0.799. The number of carboxylic acid groups (broad SMARTS) is 1. The van der Waals surface area contributed by atoms with Crippen molar-refractivity contribution in [3.63, 3.8) is 0 Å². The van der Waals surface area contributed by atoms with Gasteiger partial charge in [-0.2, -0.15) is 0 Å². The van der Waals surface area contributed by atoms with Crippen molar-refractivity contribution in [2.75, 3.05) is 5.73 Å². The highest BCUT2D eigenvalue weighted by molar-refractivity contribution is 5.94. The van der Waals surface area contributed by atoms with Gasteiger partial charge in [-0.05, 0) is 17.4 Å². The molecule has 3 heteroatoms.